The molecule has 3 heterocycles. The Morgan fingerprint density at radius 2 is 2.10 bits per heavy atom. The van der Waals surface area contributed by atoms with E-state index in [-0.39, 0.29) is 5.56 Å². The van der Waals surface area contributed by atoms with Gasteiger partial charge >= 0.3 is 12.1 Å². The van der Waals surface area contributed by atoms with Crippen molar-refractivity contribution in [2.24, 2.45) is 0 Å². The van der Waals surface area contributed by atoms with Gasteiger partial charge in [-0.3, -0.25) is 9.48 Å². The number of rotatable bonds is 4. The van der Waals surface area contributed by atoms with Crippen LogP contribution in [0.5, 0.6) is 5.75 Å². The fourth-order valence-corrected chi connectivity index (χ4v) is 3.89. The molecule has 0 atom stereocenters. The number of fused-ring (bicyclic) bond motifs is 2. The Bertz CT molecular complexity index is 1140. The number of hydrogen-bond acceptors (Lipinski definition) is 6. The molecule has 8 nitrogen and oxygen atoms in total. The van der Waals surface area contributed by atoms with Gasteiger partial charge in [0.2, 0.25) is 0 Å². The number of benzene rings is 1. The van der Waals surface area contributed by atoms with Crippen molar-refractivity contribution < 1.29 is 27.8 Å². The summed E-state index contributed by atoms with van der Waals surface area (Å²) in [5.74, 6) is -1.36. The Balaban J connectivity index is 0.000000339. The number of H-pyrrole nitrogens is 1. The Hall–Kier alpha value is -2.99. The van der Waals surface area contributed by atoms with Crippen molar-refractivity contribution in [1.82, 2.24) is 20.1 Å². The van der Waals surface area contributed by atoms with Gasteiger partial charge in [-0.25, -0.2) is 4.79 Å². The fourth-order valence-electron chi connectivity index (χ4n) is 2.90. The second kappa shape index (κ2) is 9.43. The van der Waals surface area contributed by atoms with Gasteiger partial charge in [0, 0.05) is 35.3 Å². The van der Waals surface area contributed by atoms with Crippen molar-refractivity contribution in [2.45, 2.75) is 29.9 Å². The Morgan fingerprint density at radius 1 is 1.35 bits per heavy atom. The number of halogens is 3. The normalized spacial score (nSPS) is 13.3. The molecule has 0 fully saturated rings. The van der Waals surface area contributed by atoms with Crippen molar-refractivity contribution in [3.63, 3.8) is 0 Å². The zero-order valence-corrected chi connectivity index (χ0v) is 17.1. The van der Waals surface area contributed by atoms with Crippen LogP contribution in [0.25, 0.3) is 10.9 Å². The van der Waals surface area contributed by atoms with Gasteiger partial charge in [-0.1, -0.05) is 0 Å². The number of thioether (sulfide) groups is 1. The van der Waals surface area contributed by atoms with Gasteiger partial charge in [0.25, 0.3) is 5.56 Å². The van der Waals surface area contributed by atoms with E-state index in [0.717, 1.165) is 46.7 Å². The molecule has 0 amide bonds. The Kier molecular flexibility index (Phi) is 6.91. The van der Waals surface area contributed by atoms with E-state index >= 15 is 0 Å². The largest absolute Gasteiger partial charge is 0.497 e. The molecule has 31 heavy (non-hydrogen) atoms. The number of ether oxygens (including phenoxy) is 1. The van der Waals surface area contributed by atoms with Crippen molar-refractivity contribution in [3.05, 3.63) is 52.1 Å². The number of aromatic amines is 1. The molecule has 0 radical (unpaired) electrons. The quantitative estimate of drug-likeness (QED) is 0.518. The summed E-state index contributed by atoms with van der Waals surface area (Å²) in [7, 11) is 1.64. The lowest BCUT2D eigenvalue weighted by Gasteiger charge is -2.15. The van der Waals surface area contributed by atoms with E-state index in [9.17, 15) is 18.0 Å². The third kappa shape index (κ3) is 5.58. The smallest absolute Gasteiger partial charge is 0.490 e. The van der Waals surface area contributed by atoms with Crippen LogP contribution in [-0.4, -0.2) is 45.7 Å². The lowest BCUT2D eigenvalue weighted by atomic mass is 10.1. The number of aliphatic carboxylic acids is 1. The molecule has 166 valence electrons. The SMILES string of the molecule is COc1ccc2[nH]c(=O)c(CSc3cnn4c3CNCC4)cc2c1.O=C(O)C(F)(F)F. The number of methoxy groups -OCH3 is 1. The maximum atomic E-state index is 12.3. The van der Waals surface area contributed by atoms with Crippen molar-refractivity contribution in [3.8, 4) is 5.75 Å². The first-order valence-corrected chi connectivity index (χ1v) is 10.1. The van der Waals surface area contributed by atoms with Crippen LogP contribution in [-0.2, 0) is 23.6 Å². The molecule has 12 heteroatoms. The van der Waals surface area contributed by atoms with Crippen LogP contribution in [0, 0.1) is 0 Å². The number of hydrogen-bond donors (Lipinski definition) is 3. The second-order valence-electron chi connectivity index (χ2n) is 6.52. The number of pyridine rings is 1. The zero-order valence-electron chi connectivity index (χ0n) is 16.3. The first kappa shape index (κ1) is 22.7. The first-order chi connectivity index (χ1) is 14.7. The lowest BCUT2D eigenvalue weighted by Crippen LogP contribution is -2.28. The molecule has 0 bridgehead atoms. The molecule has 3 N–H and O–H groups in total. The molecular weight excluding hydrogens is 437 g/mol. The van der Waals surface area contributed by atoms with Crippen molar-refractivity contribution in [2.75, 3.05) is 13.7 Å². The molecule has 0 spiro atoms. The summed E-state index contributed by atoms with van der Waals surface area (Å²) in [4.78, 5) is 25.3. The van der Waals surface area contributed by atoms with Crippen LogP contribution in [0.3, 0.4) is 0 Å². The van der Waals surface area contributed by atoms with Gasteiger partial charge < -0.3 is 20.1 Å². The number of alkyl halides is 3. The minimum absolute atomic E-state index is 0.0423. The van der Waals surface area contributed by atoms with Gasteiger partial charge in [0.15, 0.2) is 0 Å². The predicted molar refractivity (Wildman–Crippen MR) is 108 cm³/mol. The first-order valence-electron chi connectivity index (χ1n) is 9.07. The summed E-state index contributed by atoms with van der Waals surface area (Å²) in [5.41, 5.74) is 2.73. The molecule has 0 unspecified atom stereocenters. The highest BCUT2D eigenvalue weighted by molar-refractivity contribution is 7.98. The van der Waals surface area contributed by atoms with Crippen molar-refractivity contribution >= 4 is 28.6 Å². The van der Waals surface area contributed by atoms with E-state index in [0.29, 0.717) is 5.75 Å². The van der Waals surface area contributed by atoms with Gasteiger partial charge in [-0.05, 0) is 24.3 Å². The summed E-state index contributed by atoms with van der Waals surface area (Å²) < 4.78 is 39.0. The van der Waals surface area contributed by atoms with E-state index in [1.807, 2.05) is 35.1 Å². The number of nitrogens with one attached hydrogen (secondary N) is 2. The molecule has 2 aromatic heterocycles. The molecule has 0 saturated carbocycles. The standard InChI is InChI=1S/C17H18N4O2S.C2HF3O2/c1-23-13-2-3-14-11(7-13)6-12(17(22)20-14)10-24-16-9-19-21-5-4-18-8-15(16)21;3-2(4,5)1(6)7/h2-3,6-7,9,18H,4-5,8,10H2,1H3,(H,20,22);(H,6,7). The molecule has 1 aromatic carbocycles. The van der Waals surface area contributed by atoms with Crippen LogP contribution < -0.4 is 15.6 Å². The zero-order chi connectivity index (χ0) is 22.6. The number of aromatic nitrogens is 3. The van der Waals surface area contributed by atoms with Crippen LogP contribution >= 0.6 is 11.8 Å². The van der Waals surface area contributed by atoms with Crippen molar-refractivity contribution in [1.29, 1.82) is 0 Å². The van der Waals surface area contributed by atoms with E-state index < -0.39 is 12.1 Å². The molecule has 0 saturated heterocycles. The Morgan fingerprint density at radius 3 is 2.77 bits per heavy atom. The van der Waals surface area contributed by atoms with E-state index in [4.69, 9.17) is 14.6 Å². The maximum absolute atomic E-state index is 12.3. The predicted octanol–water partition coefficient (Wildman–Crippen LogP) is 2.76. The fraction of sp³-hybridized carbons (Fsp3) is 0.316. The third-order valence-corrected chi connectivity index (χ3v) is 5.56. The van der Waals surface area contributed by atoms with Gasteiger partial charge in [-0.15, -0.1) is 11.8 Å². The number of carboxylic acids is 1. The molecule has 0 aliphatic carbocycles. The topological polar surface area (TPSA) is 109 Å². The maximum Gasteiger partial charge on any atom is 0.490 e. The van der Waals surface area contributed by atoms with E-state index in [1.165, 1.54) is 5.69 Å². The average Bonchev–Trinajstić information content (AvgIpc) is 3.15. The monoisotopic (exact) mass is 456 g/mol. The third-order valence-electron chi connectivity index (χ3n) is 4.46. The molecule has 3 aromatic rings. The molecular formula is C19H19F3N4O4S. The van der Waals surface area contributed by atoms with Gasteiger partial charge in [-0.2, -0.15) is 18.3 Å². The summed E-state index contributed by atoms with van der Waals surface area (Å²) in [5, 5.41) is 15.9. The summed E-state index contributed by atoms with van der Waals surface area (Å²) in [6, 6.07) is 7.59. The number of carbonyl (C=O) groups is 1. The molecule has 1 aliphatic rings. The number of carboxylic acid groups (broad SMARTS) is 1. The lowest BCUT2D eigenvalue weighted by molar-refractivity contribution is -0.192. The average molecular weight is 456 g/mol. The highest BCUT2D eigenvalue weighted by atomic mass is 32.2. The van der Waals surface area contributed by atoms with Crippen LogP contribution in [0.2, 0.25) is 0 Å². The van der Waals surface area contributed by atoms with Gasteiger partial charge in [0.1, 0.15) is 5.75 Å². The second-order valence-corrected chi connectivity index (χ2v) is 7.54. The van der Waals surface area contributed by atoms with Crippen LogP contribution in [0.4, 0.5) is 13.2 Å². The van der Waals surface area contributed by atoms with E-state index in [2.05, 4.69) is 15.4 Å². The van der Waals surface area contributed by atoms with Crippen LogP contribution in [0.15, 0.2) is 40.2 Å². The van der Waals surface area contributed by atoms with Crippen LogP contribution in [0.1, 0.15) is 11.3 Å². The van der Waals surface area contributed by atoms with Gasteiger partial charge in [0.05, 0.1) is 30.4 Å². The molecule has 4 rings (SSSR count). The highest BCUT2D eigenvalue weighted by Gasteiger charge is 2.38. The summed E-state index contributed by atoms with van der Waals surface area (Å²) >= 11 is 1.65. The van der Waals surface area contributed by atoms with E-state index in [1.54, 1.807) is 18.9 Å². The number of nitrogens with zero attached hydrogens (tertiary/aromatic N) is 2. The summed E-state index contributed by atoms with van der Waals surface area (Å²) in [6.45, 7) is 2.67. The highest BCUT2D eigenvalue weighted by Crippen LogP contribution is 2.27. The Labute approximate surface area is 178 Å². The minimum atomic E-state index is -5.08. The molecule has 1 aliphatic heterocycles. The summed E-state index contributed by atoms with van der Waals surface area (Å²) in [6.07, 6.45) is -3.19. The minimum Gasteiger partial charge on any atom is -0.497 e.